The number of fused-ring (bicyclic) bond motifs is 2. The molecule has 2 aliphatic rings. The van der Waals surface area contributed by atoms with Gasteiger partial charge >= 0.3 is 11.6 Å². The summed E-state index contributed by atoms with van der Waals surface area (Å²) >= 11 is 0. The summed E-state index contributed by atoms with van der Waals surface area (Å²) in [4.78, 5) is 12.2. The third-order valence-electron chi connectivity index (χ3n) is 3.50. The molecule has 1 fully saturated rings. The second-order valence-electron chi connectivity index (χ2n) is 4.61. The smallest absolute Gasteiger partial charge is 0.347 e. The van der Waals surface area contributed by atoms with Crippen molar-refractivity contribution >= 4 is 5.78 Å². The minimum Gasteiger partial charge on any atom is -0.451 e. The highest BCUT2D eigenvalue weighted by atomic mass is 19.2. The number of alkyl halides is 1. The number of carbonyl (C=O) groups excluding carboxylic acids is 1. The number of halogens is 1. The summed E-state index contributed by atoms with van der Waals surface area (Å²) in [6.45, 7) is 0. The van der Waals surface area contributed by atoms with Gasteiger partial charge in [0.1, 0.15) is 5.75 Å². The molecular formula is C15H9FO3. The van der Waals surface area contributed by atoms with Crippen LogP contribution in [0.5, 0.6) is 5.75 Å². The normalized spacial score (nSPS) is 31.1. The minimum absolute atomic E-state index is 0.217. The quantitative estimate of drug-likeness (QED) is 0.736. The van der Waals surface area contributed by atoms with Crippen LogP contribution in [-0.4, -0.2) is 11.6 Å². The number of hydrogen-bond donors (Lipinski definition) is 0. The number of ether oxygens (including phenoxy) is 2. The van der Waals surface area contributed by atoms with Crippen molar-refractivity contribution in [3.63, 3.8) is 0 Å². The van der Waals surface area contributed by atoms with Crippen molar-refractivity contribution < 1.29 is 18.7 Å². The van der Waals surface area contributed by atoms with Crippen molar-refractivity contribution in [1.82, 2.24) is 0 Å². The van der Waals surface area contributed by atoms with E-state index in [0.29, 0.717) is 11.3 Å². The van der Waals surface area contributed by atoms with Gasteiger partial charge in [0.15, 0.2) is 0 Å². The summed E-state index contributed by atoms with van der Waals surface area (Å²) < 4.78 is 25.4. The molecule has 2 aromatic rings. The van der Waals surface area contributed by atoms with Gasteiger partial charge in [0.2, 0.25) is 5.78 Å². The molecule has 2 heterocycles. The van der Waals surface area contributed by atoms with Gasteiger partial charge in [-0.2, -0.15) is 4.39 Å². The third kappa shape index (κ3) is 1.17. The summed E-state index contributed by atoms with van der Waals surface area (Å²) in [6, 6.07) is 15.3. The van der Waals surface area contributed by atoms with Gasteiger partial charge in [-0.15, -0.1) is 0 Å². The van der Waals surface area contributed by atoms with Crippen LogP contribution in [0.3, 0.4) is 0 Å². The maximum atomic E-state index is 14.7. The summed E-state index contributed by atoms with van der Waals surface area (Å²) in [6.07, 6.45) is 0. The van der Waals surface area contributed by atoms with E-state index in [9.17, 15) is 9.18 Å². The SMILES string of the molecule is O=C1c2ccccc2OC2(c3ccccc3)OC12F. The molecule has 2 aliphatic heterocycles. The highest BCUT2D eigenvalue weighted by molar-refractivity contribution is 6.07. The van der Waals surface area contributed by atoms with E-state index in [2.05, 4.69) is 0 Å². The lowest BCUT2D eigenvalue weighted by Crippen LogP contribution is -2.37. The Morgan fingerprint density at radius 3 is 2.42 bits per heavy atom. The first kappa shape index (κ1) is 10.7. The summed E-state index contributed by atoms with van der Waals surface area (Å²) in [5.41, 5.74) is 0.717. The van der Waals surface area contributed by atoms with Gasteiger partial charge in [0.05, 0.1) is 5.56 Å². The largest absolute Gasteiger partial charge is 0.451 e. The van der Waals surface area contributed by atoms with E-state index >= 15 is 0 Å². The Morgan fingerprint density at radius 2 is 1.63 bits per heavy atom. The first-order chi connectivity index (χ1) is 9.17. The third-order valence-corrected chi connectivity index (χ3v) is 3.50. The molecule has 94 valence electrons. The number of hydrogen-bond acceptors (Lipinski definition) is 3. The van der Waals surface area contributed by atoms with E-state index in [4.69, 9.17) is 9.47 Å². The van der Waals surface area contributed by atoms with Crippen LogP contribution in [0.2, 0.25) is 0 Å². The summed E-state index contributed by atoms with van der Waals surface area (Å²) in [7, 11) is 0. The molecular weight excluding hydrogens is 247 g/mol. The van der Waals surface area contributed by atoms with Crippen LogP contribution in [0.15, 0.2) is 54.6 Å². The van der Waals surface area contributed by atoms with Gasteiger partial charge in [-0.1, -0.05) is 42.5 Å². The van der Waals surface area contributed by atoms with E-state index in [1.807, 2.05) is 0 Å². The molecule has 0 amide bonds. The Labute approximate surface area is 108 Å². The molecule has 3 nitrogen and oxygen atoms in total. The Bertz CT molecular complexity index is 685. The van der Waals surface area contributed by atoms with E-state index in [1.54, 1.807) is 48.5 Å². The lowest BCUT2D eigenvalue weighted by molar-refractivity contribution is 0.0488. The molecule has 2 aromatic carbocycles. The summed E-state index contributed by atoms with van der Waals surface area (Å²) in [5.74, 6) is -4.37. The molecule has 0 aliphatic carbocycles. The van der Waals surface area contributed by atoms with Crippen molar-refractivity contribution in [2.24, 2.45) is 0 Å². The lowest BCUT2D eigenvalue weighted by Gasteiger charge is -2.22. The maximum Gasteiger partial charge on any atom is 0.347 e. The topological polar surface area (TPSA) is 38.8 Å². The first-order valence-electron chi connectivity index (χ1n) is 5.95. The number of benzene rings is 2. The van der Waals surface area contributed by atoms with E-state index in [1.165, 1.54) is 6.07 Å². The molecule has 1 saturated heterocycles. The Morgan fingerprint density at radius 1 is 0.947 bits per heavy atom. The van der Waals surface area contributed by atoms with Gasteiger partial charge in [0.25, 0.3) is 0 Å². The van der Waals surface area contributed by atoms with Crippen molar-refractivity contribution in [1.29, 1.82) is 0 Å². The number of carbonyl (C=O) groups is 1. The average molecular weight is 256 g/mol. The van der Waals surface area contributed by atoms with Crippen LogP contribution in [0.25, 0.3) is 0 Å². The van der Waals surface area contributed by atoms with Crippen LogP contribution in [0.1, 0.15) is 15.9 Å². The van der Waals surface area contributed by atoms with Gasteiger partial charge in [0, 0.05) is 5.56 Å². The number of Topliss-reactive ketones (excluding diaryl/α,β-unsaturated/α-hetero) is 1. The molecule has 0 spiro atoms. The molecule has 0 saturated carbocycles. The number of rotatable bonds is 1. The highest BCUT2D eigenvalue weighted by Crippen LogP contribution is 2.62. The van der Waals surface area contributed by atoms with Gasteiger partial charge in [-0.05, 0) is 12.1 Å². The number of para-hydroxylation sites is 1. The van der Waals surface area contributed by atoms with Crippen LogP contribution >= 0.6 is 0 Å². The minimum atomic E-state index is -2.41. The molecule has 4 rings (SSSR count). The molecule has 2 atom stereocenters. The predicted octanol–water partition coefficient (Wildman–Crippen LogP) is 2.81. The second kappa shape index (κ2) is 3.22. The number of ketones is 1. The number of epoxide rings is 1. The molecule has 0 radical (unpaired) electrons. The fourth-order valence-electron chi connectivity index (χ4n) is 2.49. The zero-order valence-corrected chi connectivity index (χ0v) is 9.80. The average Bonchev–Trinajstić information content (AvgIpc) is 3.08. The monoisotopic (exact) mass is 256 g/mol. The first-order valence-corrected chi connectivity index (χ1v) is 5.95. The van der Waals surface area contributed by atoms with Crippen LogP contribution < -0.4 is 4.74 Å². The van der Waals surface area contributed by atoms with E-state index in [0.717, 1.165) is 0 Å². The molecule has 0 bridgehead atoms. The molecule has 0 aromatic heterocycles. The van der Waals surface area contributed by atoms with Crippen molar-refractivity contribution in [3.8, 4) is 5.75 Å². The van der Waals surface area contributed by atoms with Crippen LogP contribution in [0.4, 0.5) is 4.39 Å². The van der Waals surface area contributed by atoms with Gasteiger partial charge in [-0.25, -0.2) is 0 Å². The zero-order valence-electron chi connectivity index (χ0n) is 9.80. The van der Waals surface area contributed by atoms with Gasteiger partial charge in [-0.3, -0.25) is 9.53 Å². The Balaban J connectivity index is 1.90. The predicted molar refractivity (Wildman–Crippen MR) is 64.4 cm³/mol. The second-order valence-corrected chi connectivity index (χ2v) is 4.61. The Kier molecular flexibility index (Phi) is 1.81. The zero-order chi connectivity index (χ0) is 13.1. The fourth-order valence-corrected chi connectivity index (χ4v) is 2.49. The lowest BCUT2D eigenvalue weighted by atomic mass is 9.95. The van der Waals surface area contributed by atoms with Crippen molar-refractivity contribution in [2.75, 3.05) is 0 Å². The Hall–Kier alpha value is -2.20. The van der Waals surface area contributed by atoms with Crippen molar-refractivity contribution in [2.45, 2.75) is 11.6 Å². The van der Waals surface area contributed by atoms with Crippen LogP contribution in [-0.2, 0) is 10.5 Å². The maximum absolute atomic E-state index is 14.7. The summed E-state index contributed by atoms with van der Waals surface area (Å²) in [5, 5.41) is 0. The fraction of sp³-hybridized carbons (Fsp3) is 0.133. The van der Waals surface area contributed by atoms with Crippen LogP contribution in [0, 0.1) is 0 Å². The molecule has 2 unspecified atom stereocenters. The highest BCUT2D eigenvalue weighted by Gasteiger charge is 2.83. The van der Waals surface area contributed by atoms with Gasteiger partial charge < -0.3 is 4.74 Å². The molecule has 4 heteroatoms. The van der Waals surface area contributed by atoms with E-state index < -0.39 is 17.4 Å². The molecule has 0 N–H and O–H groups in total. The standard InChI is InChI=1S/C15H9FO3/c16-14-13(17)11-8-4-5-9-12(11)18-15(14,19-14)10-6-2-1-3-7-10/h1-9H. The molecule has 19 heavy (non-hydrogen) atoms. The van der Waals surface area contributed by atoms with Crippen molar-refractivity contribution in [3.05, 3.63) is 65.7 Å². The van der Waals surface area contributed by atoms with E-state index in [-0.39, 0.29) is 5.56 Å².